The van der Waals surface area contributed by atoms with Crippen LogP contribution in [-0.2, 0) is 19.7 Å². The van der Waals surface area contributed by atoms with E-state index in [-0.39, 0.29) is 24.1 Å². The number of amides is 3. The summed E-state index contributed by atoms with van der Waals surface area (Å²) in [5.74, 6) is -2.66. The van der Waals surface area contributed by atoms with E-state index in [1.165, 1.54) is 12.0 Å². The van der Waals surface area contributed by atoms with Crippen LogP contribution in [0.3, 0.4) is 0 Å². The predicted molar refractivity (Wildman–Crippen MR) is 147 cm³/mol. The van der Waals surface area contributed by atoms with E-state index in [1.807, 2.05) is 44.2 Å². The van der Waals surface area contributed by atoms with Gasteiger partial charge in [-0.15, -0.1) is 10.2 Å². The minimum absolute atomic E-state index is 0.0115. The van der Waals surface area contributed by atoms with Gasteiger partial charge in [-0.05, 0) is 44.1 Å². The Labute approximate surface area is 235 Å². The molecule has 11 heteroatoms. The van der Waals surface area contributed by atoms with Crippen LogP contribution in [0, 0.1) is 11.8 Å². The minimum Gasteiger partial charge on any atom is -0.469 e. The van der Waals surface area contributed by atoms with Gasteiger partial charge in [-0.2, -0.15) is 0 Å². The lowest BCUT2D eigenvalue weighted by Crippen LogP contribution is -2.60. The van der Waals surface area contributed by atoms with Gasteiger partial charge in [-0.1, -0.05) is 58.0 Å². The quantitative estimate of drug-likeness (QED) is 0.343. The molecule has 2 N–H and O–H groups in total. The highest BCUT2D eigenvalue weighted by atomic mass is 16.5. The van der Waals surface area contributed by atoms with Crippen LogP contribution >= 0.6 is 0 Å². The molecule has 1 saturated heterocycles. The molecule has 1 aliphatic heterocycles. The molecule has 3 amide bonds. The number of Topliss-reactive ketones (excluding diaryl/α,β-unsaturated/α-hetero) is 1. The highest BCUT2D eigenvalue weighted by Gasteiger charge is 2.45. The molecule has 2 aromatic rings. The van der Waals surface area contributed by atoms with E-state index < -0.39 is 53.1 Å². The van der Waals surface area contributed by atoms with E-state index in [1.54, 1.807) is 27.7 Å². The van der Waals surface area contributed by atoms with Crippen molar-refractivity contribution in [2.24, 2.45) is 17.6 Å². The number of aromatic nitrogens is 2. The number of ketones is 1. The summed E-state index contributed by atoms with van der Waals surface area (Å²) in [6, 6.07) is 6.12. The van der Waals surface area contributed by atoms with E-state index in [0.29, 0.717) is 19.4 Å². The number of rotatable bonds is 10. The van der Waals surface area contributed by atoms with Gasteiger partial charge >= 0.3 is 12.0 Å². The van der Waals surface area contributed by atoms with Gasteiger partial charge in [-0.25, -0.2) is 4.79 Å². The van der Waals surface area contributed by atoms with Crippen LogP contribution in [0.25, 0.3) is 0 Å². The van der Waals surface area contributed by atoms with Crippen LogP contribution in [0.5, 0.6) is 0 Å². The molecular formula is C29H41N5O6. The number of methoxy groups -OCH3 is 1. The van der Waals surface area contributed by atoms with Crippen molar-refractivity contribution in [3.63, 3.8) is 0 Å². The second-order valence-corrected chi connectivity index (χ2v) is 11.5. The predicted octanol–water partition coefficient (Wildman–Crippen LogP) is 3.56. The summed E-state index contributed by atoms with van der Waals surface area (Å²) >= 11 is 0. The molecule has 40 heavy (non-hydrogen) atoms. The third kappa shape index (κ3) is 6.41. The van der Waals surface area contributed by atoms with Crippen molar-refractivity contribution in [2.45, 2.75) is 84.3 Å². The van der Waals surface area contributed by atoms with Crippen molar-refractivity contribution in [3.8, 4) is 0 Å². The Kier molecular flexibility index (Phi) is 9.83. The van der Waals surface area contributed by atoms with E-state index in [2.05, 4.69) is 10.2 Å². The second-order valence-electron chi connectivity index (χ2n) is 11.5. The highest BCUT2D eigenvalue weighted by molar-refractivity contribution is 6.06. The Morgan fingerprint density at radius 2 is 1.75 bits per heavy atom. The fourth-order valence-electron chi connectivity index (χ4n) is 4.91. The molecule has 1 fully saturated rings. The number of esters is 1. The topological polar surface area (TPSA) is 149 Å². The lowest BCUT2D eigenvalue weighted by molar-refractivity contribution is -0.141. The van der Waals surface area contributed by atoms with Crippen LogP contribution in [0.15, 0.2) is 34.7 Å². The van der Waals surface area contributed by atoms with Crippen molar-refractivity contribution in [1.82, 2.24) is 20.0 Å². The lowest BCUT2D eigenvalue weighted by Gasteiger charge is -2.37. The fraction of sp³-hybridized carbons (Fsp3) is 0.586. The summed E-state index contributed by atoms with van der Waals surface area (Å²) in [7, 11) is 1.28. The molecule has 3 atom stereocenters. The molecule has 3 rings (SSSR count). The summed E-state index contributed by atoms with van der Waals surface area (Å²) in [5.41, 5.74) is 6.46. The first kappa shape index (κ1) is 30.9. The number of ether oxygens (including phenoxy) is 1. The van der Waals surface area contributed by atoms with Crippen molar-refractivity contribution >= 4 is 23.7 Å². The van der Waals surface area contributed by atoms with Crippen molar-refractivity contribution in [3.05, 3.63) is 47.7 Å². The van der Waals surface area contributed by atoms with Crippen LogP contribution in [-0.4, -0.2) is 75.5 Å². The van der Waals surface area contributed by atoms with Gasteiger partial charge in [0, 0.05) is 12.6 Å². The fourth-order valence-corrected chi connectivity index (χ4v) is 4.91. The number of hydrogen-bond donors (Lipinski definition) is 1. The van der Waals surface area contributed by atoms with E-state index in [4.69, 9.17) is 14.9 Å². The standard InChI is InChI=1S/C29H41N5O6/c1-17(2)22(30)26(37)34(28(38)33-15-11-14-20(33)16-21(35)39-7)23(18(3)4)24(36)25-31-32-27(40-25)29(5,6)19-12-9-8-10-13-19/h8-10,12-13,17-18,20,22-23H,11,14-16,30H2,1-7H3/t20?,22-,23-/m0/s1. The largest absolute Gasteiger partial charge is 0.469 e. The summed E-state index contributed by atoms with van der Waals surface area (Å²) in [4.78, 5) is 56.1. The maximum Gasteiger partial charge on any atom is 0.327 e. The van der Waals surface area contributed by atoms with Crippen LogP contribution in [0.2, 0.25) is 0 Å². The van der Waals surface area contributed by atoms with Gasteiger partial charge in [0.15, 0.2) is 0 Å². The van der Waals surface area contributed by atoms with Crippen molar-refractivity contribution in [1.29, 1.82) is 0 Å². The highest BCUT2D eigenvalue weighted by Crippen LogP contribution is 2.31. The van der Waals surface area contributed by atoms with Crippen LogP contribution < -0.4 is 5.73 Å². The molecule has 2 heterocycles. The number of likely N-dealkylation sites (tertiary alicyclic amines) is 1. The van der Waals surface area contributed by atoms with Crippen molar-refractivity contribution < 1.29 is 28.3 Å². The Bertz CT molecular complexity index is 1210. The SMILES string of the molecule is COC(=O)CC1CCCN1C(=O)N(C(=O)[C@@H](N)C(C)C)[C@H](C(=O)c1nnc(C(C)(C)c2ccccc2)o1)C(C)C. The number of hydrogen-bond acceptors (Lipinski definition) is 9. The Morgan fingerprint density at radius 1 is 1.10 bits per heavy atom. The minimum atomic E-state index is -1.25. The Hall–Kier alpha value is -3.60. The number of carbonyl (C=O) groups is 4. The molecule has 11 nitrogen and oxygen atoms in total. The second kappa shape index (κ2) is 12.7. The molecule has 1 unspecified atom stereocenters. The third-order valence-corrected chi connectivity index (χ3v) is 7.54. The van der Waals surface area contributed by atoms with Gasteiger partial charge in [0.2, 0.25) is 17.6 Å². The number of carbonyl (C=O) groups excluding carboxylic acids is 4. The van der Waals surface area contributed by atoms with E-state index >= 15 is 0 Å². The van der Waals surface area contributed by atoms with Crippen molar-refractivity contribution in [2.75, 3.05) is 13.7 Å². The summed E-state index contributed by atoms with van der Waals surface area (Å²) in [6.45, 7) is 11.1. The van der Waals surface area contributed by atoms with E-state index in [9.17, 15) is 19.2 Å². The monoisotopic (exact) mass is 555 g/mol. The third-order valence-electron chi connectivity index (χ3n) is 7.54. The first-order valence-electron chi connectivity index (χ1n) is 13.7. The molecule has 1 aliphatic rings. The summed E-state index contributed by atoms with van der Waals surface area (Å²) in [6.07, 6.45) is 1.21. The smallest absolute Gasteiger partial charge is 0.327 e. The molecule has 0 aliphatic carbocycles. The van der Waals surface area contributed by atoms with Gasteiger partial charge in [0.1, 0.15) is 6.04 Å². The molecule has 0 radical (unpaired) electrons. The summed E-state index contributed by atoms with van der Waals surface area (Å²) < 4.78 is 10.7. The van der Waals surface area contributed by atoms with Gasteiger partial charge < -0.3 is 19.8 Å². The normalized spacial score (nSPS) is 17.1. The van der Waals surface area contributed by atoms with Gasteiger partial charge in [-0.3, -0.25) is 19.3 Å². The van der Waals surface area contributed by atoms with Crippen LogP contribution in [0.1, 0.15) is 82.9 Å². The van der Waals surface area contributed by atoms with E-state index in [0.717, 1.165) is 10.5 Å². The molecule has 0 saturated carbocycles. The number of nitrogens with zero attached hydrogens (tertiary/aromatic N) is 4. The maximum atomic E-state index is 14.0. The molecule has 0 spiro atoms. The zero-order valence-electron chi connectivity index (χ0n) is 24.4. The molecule has 0 bridgehead atoms. The van der Waals surface area contributed by atoms with Gasteiger partial charge in [0.25, 0.3) is 5.89 Å². The number of benzene rings is 1. The Morgan fingerprint density at radius 3 is 2.33 bits per heavy atom. The molecule has 1 aromatic carbocycles. The van der Waals surface area contributed by atoms with Crippen LogP contribution in [0.4, 0.5) is 4.79 Å². The number of urea groups is 1. The zero-order valence-corrected chi connectivity index (χ0v) is 24.4. The molecule has 1 aromatic heterocycles. The number of imide groups is 1. The average molecular weight is 556 g/mol. The number of nitrogens with two attached hydrogens (primary N) is 1. The summed E-state index contributed by atoms with van der Waals surface area (Å²) in [5, 5.41) is 8.19. The molecule has 218 valence electrons. The Balaban J connectivity index is 2.01. The lowest BCUT2D eigenvalue weighted by atomic mass is 9.85. The first-order chi connectivity index (χ1) is 18.8. The molecular weight excluding hydrogens is 514 g/mol. The zero-order chi connectivity index (χ0) is 29.8. The first-order valence-corrected chi connectivity index (χ1v) is 13.7. The average Bonchev–Trinajstić information content (AvgIpc) is 3.61. The van der Waals surface area contributed by atoms with Gasteiger partial charge in [0.05, 0.1) is 25.0 Å². The maximum absolute atomic E-state index is 14.0.